The second-order valence-corrected chi connectivity index (χ2v) is 10.7. The molecule has 0 heterocycles. The van der Waals surface area contributed by atoms with Crippen LogP contribution in [0.5, 0.6) is 0 Å². The van der Waals surface area contributed by atoms with Gasteiger partial charge in [0.05, 0.1) is 11.5 Å². The van der Waals surface area contributed by atoms with Gasteiger partial charge in [-0.05, 0) is 30.9 Å². The van der Waals surface area contributed by atoms with Crippen LogP contribution in [0.1, 0.15) is 160 Å². The maximum atomic E-state index is 12.0. The van der Waals surface area contributed by atoms with Crippen molar-refractivity contribution in [2.45, 2.75) is 149 Å². The zero-order chi connectivity index (χ0) is 28.3. The van der Waals surface area contributed by atoms with E-state index in [1.807, 2.05) is 0 Å². The van der Waals surface area contributed by atoms with Crippen LogP contribution in [0.4, 0.5) is 0 Å². The van der Waals surface area contributed by atoms with Gasteiger partial charge in [0, 0.05) is 0 Å². The molecule has 5 heteroatoms. The van der Waals surface area contributed by atoms with Gasteiger partial charge in [0.15, 0.2) is 0 Å². The maximum Gasteiger partial charge on any atom is 0.345 e. The van der Waals surface area contributed by atoms with Gasteiger partial charge in [-0.2, -0.15) is 5.26 Å². The maximum absolute atomic E-state index is 12.0. The van der Waals surface area contributed by atoms with Crippen LogP contribution in [-0.2, 0) is 9.68 Å². The first-order chi connectivity index (χ1) is 18.5. The summed E-state index contributed by atoms with van der Waals surface area (Å²) >= 11 is 0. The molecule has 0 aliphatic heterocycles. The van der Waals surface area contributed by atoms with Crippen molar-refractivity contribution >= 4 is 11.9 Å². The van der Waals surface area contributed by atoms with E-state index in [0.717, 1.165) is 25.7 Å². The van der Waals surface area contributed by atoms with E-state index in [2.05, 4.69) is 25.7 Å². The van der Waals surface area contributed by atoms with E-state index in [1.165, 1.54) is 103 Å². The molecular formula is C33H58O5. The van der Waals surface area contributed by atoms with Crippen molar-refractivity contribution in [2.24, 2.45) is 11.8 Å². The molecule has 2 atom stereocenters. The summed E-state index contributed by atoms with van der Waals surface area (Å²) in [5, 5.41) is 17.3. The predicted molar refractivity (Wildman–Crippen MR) is 158 cm³/mol. The smallest absolute Gasteiger partial charge is 0.345 e. The minimum atomic E-state index is -0.879. The number of unbranched alkanes of at least 4 members (excludes halogenated alkanes) is 15. The van der Waals surface area contributed by atoms with Crippen molar-refractivity contribution in [3.63, 3.8) is 0 Å². The van der Waals surface area contributed by atoms with E-state index < -0.39 is 11.9 Å². The highest BCUT2D eigenvalue weighted by atomic mass is 17.1. The van der Waals surface area contributed by atoms with Gasteiger partial charge < -0.3 is 9.99 Å². The third-order valence-electron chi connectivity index (χ3n) is 7.55. The van der Waals surface area contributed by atoms with Crippen molar-refractivity contribution in [3.05, 3.63) is 35.9 Å². The van der Waals surface area contributed by atoms with E-state index in [9.17, 15) is 9.59 Å². The molecule has 0 saturated heterocycles. The Labute approximate surface area is 233 Å². The van der Waals surface area contributed by atoms with Crippen LogP contribution >= 0.6 is 0 Å². The standard InChI is InChI=1S/C26H52O3.C7H6O2/c1-4-7-9-10-11-12-13-14-15-16-17-18-19-21-23-25(26(27)29-28)24(6-3)22-20-8-5-2;8-7(9)6-4-2-1-3-5-6/h24-25,28H,4-23H2,1-3H3;1-5H,(H,8,9). The highest BCUT2D eigenvalue weighted by Crippen LogP contribution is 2.28. The van der Waals surface area contributed by atoms with Gasteiger partial charge in [0.1, 0.15) is 0 Å². The Morgan fingerprint density at radius 2 is 1.08 bits per heavy atom. The van der Waals surface area contributed by atoms with Crippen molar-refractivity contribution in [1.82, 2.24) is 0 Å². The van der Waals surface area contributed by atoms with Gasteiger partial charge in [-0.25, -0.2) is 9.59 Å². The molecule has 0 spiro atoms. The molecule has 38 heavy (non-hydrogen) atoms. The Balaban J connectivity index is 0.00000127. The SMILES string of the molecule is CCCCCCCCCCCCCCCCC(C(=O)OO)C(CC)CCCCC.O=C(O)c1ccccc1. The predicted octanol–water partition coefficient (Wildman–Crippen LogP) is 10.5. The van der Waals surface area contributed by atoms with Crippen LogP contribution in [0.25, 0.3) is 0 Å². The number of aromatic carboxylic acids is 1. The largest absolute Gasteiger partial charge is 0.478 e. The Morgan fingerprint density at radius 1 is 0.658 bits per heavy atom. The van der Waals surface area contributed by atoms with Gasteiger partial charge in [-0.1, -0.05) is 155 Å². The van der Waals surface area contributed by atoms with Gasteiger partial charge in [0.25, 0.3) is 0 Å². The van der Waals surface area contributed by atoms with Gasteiger partial charge in [-0.15, -0.1) is 0 Å². The van der Waals surface area contributed by atoms with Crippen molar-refractivity contribution in [2.75, 3.05) is 0 Å². The third-order valence-corrected chi connectivity index (χ3v) is 7.55. The van der Waals surface area contributed by atoms with E-state index >= 15 is 0 Å². The van der Waals surface area contributed by atoms with Crippen molar-refractivity contribution in [1.29, 1.82) is 0 Å². The van der Waals surface area contributed by atoms with Crippen LogP contribution in [0.2, 0.25) is 0 Å². The fraction of sp³-hybridized carbons (Fsp3) is 0.758. The number of carbonyl (C=O) groups is 2. The third kappa shape index (κ3) is 20.1. The number of carbonyl (C=O) groups excluding carboxylic acids is 1. The Hall–Kier alpha value is -1.88. The lowest BCUT2D eigenvalue weighted by atomic mass is 9.82. The second-order valence-electron chi connectivity index (χ2n) is 10.7. The first-order valence-corrected chi connectivity index (χ1v) is 15.6. The molecule has 2 unspecified atom stereocenters. The van der Waals surface area contributed by atoms with Crippen LogP contribution in [0, 0.1) is 11.8 Å². The molecule has 2 N–H and O–H groups in total. The average molecular weight is 535 g/mol. The monoisotopic (exact) mass is 534 g/mol. The molecule has 0 aromatic heterocycles. The zero-order valence-electron chi connectivity index (χ0n) is 24.8. The lowest BCUT2D eigenvalue weighted by Crippen LogP contribution is -2.25. The average Bonchev–Trinajstić information content (AvgIpc) is 2.94. The number of benzene rings is 1. The quantitative estimate of drug-likeness (QED) is 0.0828. The molecule has 0 radical (unpaired) electrons. The van der Waals surface area contributed by atoms with E-state index in [0.29, 0.717) is 11.5 Å². The molecule has 220 valence electrons. The summed E-state index contributed by atoms with van der Waals surface area (Å²) in [4.78, 5) is 26.4. The minimum Gasteiger partial charge on any atom is -0.478 e. The Kier molecular flexibility index (Phi) is 25.4. The van der Waals surface area contributed by atoms with Gasteiger partial charge >= 0.3 is 11.9 Å². The number of rotatable bonds is 23. The number of hydrogen-bond acceptors (Lipinski definition) is 4. The first kappa shape index (κ1) is 36.1. The molecule has 0 aliphatic rings. The van der Waals surface area contributed by atoms with E-state index in [4.69, 9.17) is 10.4 Å². The van der Waals surface area contributed by atoms with Gasteiger partial charge in [0.2, 0.25) is 0 Å². The number of carboxylic acids is 1. The topological polar surface area (TPSA) is 83.8 Å². The molecule has 1 aromatic rings. The number of hydrogen-bond donors (Lipinski definition) is 2. The summed E-state index contributed by atoms with van der Waals surface area (Å²) in [6, 6.07) is 8.30. The lowest BCUT2D eigenvalue weighted by Gasteiger charge is -2.23. The molecular weight excluding hydrogens is 476 g/mol. The molecule has 0 amide bonds. The summed E-state index contributed by atoms with van der Waals surface area (Å²) in [7, 11) is 0. The Morgan fingerprint density at radius 3 is 1.47 bits per heavy atom. The Bertz CT molecular complexity index is 661. The molecule has 0 bridgehead atoms. The highest BCUT2D eigenvalue weighted by Gasteiger charge is 2.28. The normalized spacial score (nSPS) is 12.3. The van der Waals surface area contributed by atoms with Crippen LogP contribution in [-0.4, -0.2) is 22.3 Å². The fourth-order valence-corrected chi connectivity index (χ4v) is 5.10. The van der Waals surface area contributed by atoms with E-state index in [1.54, 1.807) is 30.3 Å². The van der Waals surface area contributed by atoms with Gasteiger partial charge in [-0.3, -0.25) is 0 Å². The highest BCUT2D eigenvalue weighted by molar-refractivity contribution is 5.87. The molecule has 0 fully saturated rings. The second kappa shape index (κ2) is 26.7. The van der Waals surface area contributed by atoms with Crippen LogP contribution < -0.4 is 0 Å². The molecule has 1 aromatic carbocycles. The number of carboxylic acid groups (broad SMARTS) is 1. The molecule has 0 aliphatic carbocycles. The molecule has 1 rings (SSSR count). The molecule has 0 saturated carbocycles. The minimum absolute atomic E-state index is 0.126. The van der Waals surface area contributed by atoms with Crippen molar-refractivity contribution < 1.29 is 24.8 Å². The van der Waals surface area contributed by atoms with Crippen molar-refractivity contribution in [3.8, 4) is 0 Å². The summed E-state index contributed by atoms with van der Waals surface area (Å²) in [6.45, 7) is 6.63. The summed E-state index contributed by atoms with van der Waals surface area (Å²) in [6.07, 6.45) is 25.3. The lowest BCUT2D eigenvalue weighted by molar-refractivity contribution is -0.241. The summed E-state index contributed by atoms with van der Waals surface area (Å²) in [5.74, 6) is -1.07. The summed E-state index contributed by atoms with van der Waals surface area (Å²) in [5.41, 5.74) is 0.331. The van der Waals surface area contributed by atoms with Crippen LogP contribution in [0.3, 0.4) is 0 Å². The zero-order valence-corrected chi connectivity index (χ0v) is 24.8. The summed E-state index contributed by atoms with van der Waals surface area (Å²) < 4.78 is 0. The van der Waals surface area contributed by atoms with E-state index in [-0.39, 0.29) is 5.92 Å². The fourth-order valence-electron chi connectivity index (χ4n) is 5.10. The first-order valence-electron chi connectivity index (χ1n) is 15.6. The molecule has 5 nitrogen and oxygen atoms in total. The van der Waals surface area contributed by atoms with Crippen LogP contribution in [0.15, 0.2) is 30.3 Å².